The molecule has 0 saturated heterocycles. The number of hydrogen-bond acceptors (Lipinski definition) is 2. The molecule has 1 aliphatic rings. The molecule has 0 heterocycles. The van der Waals surface area contributed by atoms with Gasteiger partial charge in [0.15, 0.2) is 5.11 Å². The van der Waals surface area contributed by atoms with Crippen molar-refractivity contribution < 1.29 is 5.11 Å². The van der Waals surface area contributed by atoms with Gasteiger partial charge in [0.1, 0.15) is 0 Å². The minimum atomic E-state index is 0.232. The van der Waals surface area contributed by atoms with Gasteiger partial charge in [-0.2, -0.15) is 0 Å². The van der Waals surface area contributed by atoms with E-state index >= 15 is 0 Å². The first-order chi connectivity index (χ1) is 5.77. The molecule has 2 unspecified atom stereocenters. The van der Waals surface area contributed by atoms with Crippen molar-refractivity contribution >= 4 is 17.3 Å². The second-order valence-corrected chi connectivity index (χ2v) is 3.22. The largest absolute Gasteiger partial charge is 0.396 e. The maximum Gasteiger partial charge on any atom is 0.167 e. The summed E-state index contributed by atoms with van der Waals surface area (Å²) < 4.78 is 0. The first-order valence-electron chi connectivity index (χ1n) is 3.86. The molecule has 2 atom stereocenters. The van der Waals surface area contributed by atoms with Gasteiger partial charge in [-0.3, -0.25) is 0 Å². The topological polar surface area (TPSA) is 44.3 Å². The minimum absolute atomic E-state index is 0.232. The van der Waals surface area contributed by atoms with Crippen molar-refractivity contribution in [2.24, 2.45) is 5.92 Å². The van der Waals surface area contributed by atoms with Crippen LogP contribution in [0.4, 0.5) is 0 Å². The van der Waals surface area contributed by atoms with E-state index in [-0.39, 0.29) is 6.61 Å². The molecule has 1 fully saturated rings. The van der Waals surface area contributed by atoms with Crippen LogP contribution in [0.1, 0.15) is 6.42 Å². The number of hydrogen-bond donors (Lipinski definition) is 3. The Bertz CT molecular complexity index is 212. The minimum Gasteiger partial charge on any atom is -0.396 e. The van der Waals surface area contributed by atoms with E-state index in [9.17, 15) is 0 Å². The lowest BCUT2D eigenvalue weighted by molar-refractivity contribution is 0.272. The molecule has 0 amide bonds. The average Bonchev–Trinajstić information content (AvgIpc) is 2.80. The lowest BCUT2D eigenvalue weighted by Gasteiger charge is -2.06. The van der Waals surface area contributed by atoms with Gasteiger partial charge in [-0.1, -0.05) is 5.92 Å². The van der Waals surface area contributed by atoms with E-state index < -0.39 is 0 Å². The van der Waals surface area contributed by atoms with Crippen molar-refractivity contribution in [1.29, 1.82) is 0 Å². The molecule has 1 aliphatic carbocycles. The van der Waals surface area contributed by atoms with Gasteiger partial charge < -0.3 is 15.7 Å². The zero-order valence-electron chi connectivity index (χ0n) is 6.71. The summed E-state index contributed by atoms with van der Waals surface area (Å²) in [5, 5.41) is 15.2. The molecule has 0 aliphatic heterocycles. The molecular weight excluding hydrogens is 172 g/mol. The lowest BCUT2D eigenvalue weighted by atomic mass is 10.4. The van der Waals surface area contributed by atoms with Crippen LogP contribution in [0.15, 0.2) is 0 Å². The van der Waals surface area contributed by atoms with Crippen molar-refractivity contribution in [3.8, 4) is 12.3 Å². The van der Waals surface area contributed by atoms with Gasteiger partial charge in [0, 0.05) is 18.6 Å². The fraction of sp³-hybridized carbons (Fsp3) is 0.625. The Hall–Kier alpha value is -0.790. The quantitative estimate of drug-likeness (QED) is 0.407. The summed E-state index contributed by atoms with van der Waals surface area (Å²) in [6.45, 7) is 0.678. The zero-order chi connectivity index (χ0) is 8.97. The molecule has 4 heteroatoms. The average molecular weight is 184 g/mol. The molecule has 0 aromatic rings. The summed E-state index contributed by atoms with van der Waals surface area (Å²) in [4.78, 5) is 0. The lowest BCUT2D eigenvalue weighted by Crippen LogP contribution is -2.37. The summed E-state index contributed by atoms with van der Waals surface area (Å²) in [6.07, 6.45) is 6.03. The van der Waals surface area contributed by atoms with Crippen LogP contribution < -0.4 is 10.6 Å². The van der Waals surface area contributed by atoms with Gasteiger partial charge in [-0.05, 0) is 18.6 Å². The fourth-order valence-corrected chi connectivity index (χ4v) is 1.20. The highest BCUT2D eigenvalue weighted by molar-refractivity contribution is 7.80. The molecule has 0 aromatic heterocycles. The summed E-state index contributed by atoms with van der Waals surface area (Å²) >= 11 is 4.94. The maximum atomic E-state index is 8.73. The highest BCUT2D eigenvalue weighted by Gasteiger charge is 2.36. The third kappa shape index (κ3) is 2.68. The van der Waals surface area contributed by atoms with Gasteiger partial charge in [0.25, 0.3) is 0 Å². The van der Waals surface area contributed by atoms with Crippen LogP contribution in [0, 0.1) is 18.3 Å². The van der Waals surface area contributed by atoms with Crippen molar-refractivity contribution in [2.75, 3.05) is 13.2 Å². The van der Waals surface area contributed by atoms with E-state index in [2.05, 4.69) is 16.6 Å². The van der Waals surface area contributed by atoms with E-state index in [1.54, 1.807) is 0 Å². The summed E-state index contributed by atoms with van der Waals surface area (Å²) in [5.74, 6) is 2.80. The third-order valence-corrected chi connectivity index (χ3v) is 2.09. The van der Waals surface area contributed by atoms with Crippen LogP contribution in [-0.4, -0.2) is 29.4 Å². The monoisotopic (exact) mass is 184 g/mol. The summed E-state index contributed by atoms with van der Waals surface area (Å²) in [5.41, 5.74) is 0. The van der Waals surface area contributed by atoms with E-state index in [1.807, 2.05) is 0 Å². The predicted octanol–water partition coefficient (Wildman–Crippen LogP) is -0.536. The Labute approximate surface area is 77.5 Å². The van der Waals surface area contributed by atoms with Gasteiger partial charge >= 0.3 is 0 Å². The predicted molar refractivity (Wildman–Crippen MR) is 51.6 cm³/mol. The van der Waals surface area contributed by atoms with Gasteiger partial charge in [-0.15, -0.1) is 6.42 Å². The smallest absolute Gasteiger partial charge is 0.167 e. The molecule has 1 saturated carbocycles. The van der Waals surface area contributed by atoms with Crippen molar-refractivity contribution in [2.45, 2.75) is 12.5 Å². The standard InChI is InChI=1S/C8H12N2OS/c1-2-3-9-8(12)10-7-4-6(7)5-11/h1,6-7,11H,3-5H2,(H2,9,10,12). The molecule has 66 valence electrons. The second kappa shape index (κ2) is 4.29. The number of terminal acetylenes is 1. The number of aliphatic hydroxyl groups is 1. The van der Waals surface area contributed by atoms with Gasteiger partial charge in [0.05, 0.1) is 6.54 Å². The first kappa shape index (κ1) is 9.30. The van der Waals surface area contributed by atoms with Gasteiger partial charge in [-0.25, -0.2) is 0 Å². The first-order valence-corrected chi connectivity index (χ1v) is 4.27. The Morgan fingerprint density at radius 3 is 3.00 bits per heavy atom. The second-order valence-electron chi connectivity index (χ2n) is 2.82. The van der Waals surface area contributed by atoms with Crippen LogP contribution in [0.2, 0.25) is 0 Å². The summed E-state index contributed by atoms with van der Waals surface area (Å²) in [6, 6.07) is 0.341. The van der Waals surface area contributed by atoms with Gasteiger partial charge in [0.2, 0.25) is 0 Å². The summed E-state index contributed by atoms with van der Waals surface area (Å²) in [7, 11) is 0. The third-order valence-electron chi connectivity index (χ3n) is 1.82. The van der Waals surface area contributed by atoms with Crippen LogP contribution >= 0.6 is 12.2 Å². The van der Waals surface area contributed by atoms with Crippen LogP contribution in [0.5, 0.6) is 0 Å². The fourth-order valence-electron chi connectivity index (χ4n) is 0.977. The molecule has 0 aromatic carbocycles. The van der Waals surface area contributed by atoms with Crippen LogP contribution in [-0.2, 0) is 0 Å². The Morgan fingerprint density at radius 1 is 1.75 bits per heavy atom. The number of rotatable bonds is 3. The van der Waals surface area contributed by atoms with Crippen LogP contribution in [0.25, 0.3) is 0 Å². The highest BCUT2D eigenvalue weighted by atomic mass is 32.1. The van der Waals surface area contributed by atoms with E-state index in [1.165, 1.54) is 0 Å². The van der Waals surface area contributed by atoms with Crippen molar-refractivity contribution in [3.63, 3.8) is 0 Å². The zero-order valence-corrected chi connectivity index (χ0v) is 7.53. The van der Waals surface area contributed by atoms with Crippen molar-refractivity contribution in [1.82, 2.24) is 10.6 Å². The Kier molecular flexibility index (Phi) is 3.32. The number of nitrogens with one attached hydrogen (secondary N) is 2. The SMILES string of the molecule is C#CCNC(=S)NC1CC1CO. The Balaban J connectivity index is 2.08. The molecule has 12 heavy (non-hydrogen) atoms. The highest BCUT2D eigenvalue weighted by Crippen LogP contribution is 2.28. The number of thiocarbonyl (C=S) groups is 1. The molecule has 3 nitrogen and oxygen atoms in total. The molecule has 0 spiro atoms. The molecule has 3 N–H and O–H groups in total. The molecule has 0 radical (unpaired) electrons. The van der Waals surface area contributed by atoms with E-state index in [4.69, 9.17) is 23.7 Å². The van der Waals surface area contributed by atoms with Crippen molar-refractivity contribution in [3.05, 3.63) is 0 Å². The molecule has 0 bridgehead atoms. The van der Waals surface area contributed by atoms with Crippen LogP contribution in [0.3, 0.4) is 0 Å². The van der Waals surface area contributed by atoms with E-state index in [0.29, 0.717) is 23.6 Å². The maximum absolute atomic E-state index is 8.73. The van der Waals surface area contributed by atoms with E-state index in [0.717, 1.165) is 6.42 Å². The number of aliphatic hydroxyl groups excluding tert-OH is 1. The normalized spacial score (nSPS) is 25.7. The molecule has 1 rings (SSSR count). The Morgan fingerprint density at radius 2 is 2.50 bits per heavy atom. The molecular formula is C8H12N2OS.